The highest BCUT2D eigenvalue weighted by atomic mass is 32.1. The van der Waals surface area contributed by atoms with E-state index in [2.05, 4.69) is 27.8 Å². The fraction of sp³-hybridized carbons (Fsp3) is 0.368. The van der Waals surface area contributed by atoms with Crippen molar-refractivity contribution >= 4 is 28.0 Å². The fourth-order valence-electron chi connectivity index (χ4n) is 3.51. The highest BCUT2D eigenvalue weighted by Gasteiger charge is 2.34. The maximum atomic E-state index is 13.1. The van der Waals surface area contributed by atoms with Crippen molar-refractivity contribution in [3.05, 3.63) is 46.9 Å². The van der Waals surface area contributed by atoms with Crippen LogP contribution in [0.1, 0.15) is 34.1 Å². The number of anilines is 1. The Morgan fingerprint density at radius 1 is 1.41 bits per heavy atom. The molecule has 8 heteroatoms. The molecule has 3 aromatic rings. The average Bonchev–Trinajstić information content (AvgIpc) is 3.32. The molecule has 27 heavy (non-hydrogen) atoms. The molecule has 1 N–H and O–H groups in total. The van der Waals surface area contributed by atoms with Crippen LogP contribution in [0.4, 0.5) is 5.00 Å². The molecule has 1 saturated heterocycles. The molecule has 138 valence electrons. The number of hydrogen-bond acceptors (Lipinski definition) is 6. The van der Waals surface area contributed by atoms with Crippen LogP contribution in [-0.2, 0) is 0 Å². The van der Waals surface area contributed by atoms with E-state index < -0.39 is 0 Å². The summed E-state index contributed by atoms with van der Waals surface area (Å²) in [6.07, 6.45) is 3.51. The number of nitrogens with zero attached hydrogens (tertiary/aromatic N) is 5. The SMILES string of the molecule is Cc1ccn2ncc(C(=O)N3CC(C)C(Nc4snc(C)c4C#N)C3)c2c1. The molecule has 3 aromatic heterocycles. The van der Waals surface area contributed by atoms with E-state index in [9.17, 15) is 10.1 Å². The minimum atomic E-state index is -0.00672. The Labute approximate surface area is 161 Å². The van der Waals surface area contributed by atoms with Crippen LogP contribution in [0.15, 0.2) is 24.5 Å². The molecule has 2 unspecified atom stereocenters. The van der Waals surface area contributed by atoms with E-state index in [1.165, 1.54) is 11.5 Å². The third kappa shape index (κ3) is 3.04. The predicted molar refractivity (Wildman–Crippen MR) is 104 cm³/mol. The van der Waals surface area contributed by atoms with Gasteiger partial charge in [-0.25, -0.2) is 4.52 Å². The van der Waals surface area contributed by atoms with Crippen molar-refractivity contribution in [1.29, 1.82) is 5.26 Å². The number of nitriles is 1. The lowest BCUT2D eigenvalue weighted by Crippen LogP contribution is -2.31. The number of carbonyl (C=O) groups is 1. The monoisotopic (exact) mass is 380 g/mol. The second kappa shape index (κ2) is 6.67. The van der Waals surface area contributed by atoms with Gasteiger partial charge >= 0.3 is 0 Å². The van der Waals surface area contributed by atoms with Gasteiger partial charge < -0.3 is 10.2 Å². The van der Waals surface area contributed by atoms with E-state index in [4.69, 9.17) is 0 Å². The van der Waals surface area contributed by atoms with Crippen LogP contribution in [0.5, 0.6) is 0 Å². The Hall–Kier alpha value is -2.92. The first-order valence-corrected chi connectivity index (χ1v) is 9.61. The number of hydrogen-bond donors (Lipinski definition) is 1. The van der Waals surface area contributed by atoms with Crippen LogP contribution < -0.4 is 5.32 Å². The van der Waals surface area contributed by atoms with Crippen LogP contribution in [0.3, 0.4) is 0 Å². The predicted octanol–water partition coefficient (Wildman–Crippen LogP) is 2.85. The Morgan fingerprint density at radius 2 is 2.22 bits per heavy atom. The number of fused-ring (bicyclic) bond motifs is 1. The van der Waals surface area contributed by atoms with E-state index >= 15 is 0 Å². The van der Waals surface area contributed by atoms with Crippen LogP contribution in [0.2, 0.25) is 0 Å². The number of carbonyl (C=O) groups excluding carboxylic acids is 1. The van der Waals surface area contributed by atoms with Crippen molar-refractivity contribution in [3.63, 3.8) is 0 Å². The maximum absolute atomic E-state index is 13.1. The van der Waals surface area contributed by atoms with Gasteiger partial charge in [-0.05, 0) is 49.0 Å². The van der Waals surface area contributed by atoms with Crippen molar-refractivity contribution < 1.29 is 4.79 Å². The Balaban J connectivity index is 1.54. The number of aromatic nitrogens is 3. The number of nitrogens with one attached hydrogen (secondary N) is 1. The van der Waals surface area contributed by atoms with Gasteiger partial charge in [0.15, 0.2) is 0 Å². The lowest BCUT2D eigenvalue weighted by atomic mass is 10.1. The first-order valence-electron chi connectivity index (χ1n) is 8.84. The summed E-state index contributed by atoms with van der Waals surface area (Å²) in [5.41, 5.74) is 3.88. The van der Waals surface area contributed by atoms with Gasteiger partial charge in [0.2, 0.25) is 0 Å². The summed E-state index contributed by atoms with van der Waals surface area (Å²) in [6, 6.07) is 6.24. The topological polar surface area (TPSA) is 86.3 Å². The average molecular weight is 380 g/mol. The molecule has 1 aliphatic heterocycles. The molecule has 0 aromatic carbocycles. The molecule has 0 spiro atoms. The molecule has 4 rings (SSSR count). The zero-order chi connectivity index (χ0) is 19.1. The van der Waals surface area contributed by atoms with E-state index in [0.717, 1.165) is 21.8 Å². The zero-order valence-electron chi connectivity index (χ0n) is 15.4. The minimum Gasteiger partial charge on any atom is -0.370 e. The minimum absolute atomic E-state index is 0.00672. The normalized spacial score (nSPS) is 19.4. The van der Waals surface area contributed by atoms with Crippen molar-refractivity contribution in [2.45, 2.75) is 26.8 Å². The number of amides is 1. The van der Waals surface area contributed by atoms with Crippen molar-refractivity contribution in [2.75, 3.05) is 18.4 Å². The molecule has 0 aliphatic carbocycles. The smallest absolute Gasteiger partial charge is 0.257 e. The van der Waals surface area contributed by atoms with E-state index in [0.29, 0.717) is 24.2 Å². The third-order valence-corrected chi connectivity index (χ3v) is 5.97. The molecule has 4 heterocycles. The largest absolute Gasteiger partial charge is 0.370 e. The summed E-state index contributed by atoms with van der Waals surface area (Å²) in [5.74, 6) is 0.263. The van der Waals surface area contributed by atoms with E-state index in [-0.39, 0.29) is 17.9 Å². The fourth-order valence-corrected chi connectivity index (χ4v) is 4.32. The molecule has 1 fully saturated rings. The lowest BCUT2D eigenvalue weighted by Gasteiger charge is -2.17. The second-order valence-electron chi connectivity index (χ2n) is 7.11. The van der Waals surface area contributed by atoms with Crippen LogP contribution in [-0.4, -0.2) is 43.9 Å². The standard InChI is InChI=1S/C19H20N6OS/c1-11-4-5-25-17(6-11)15(8-21-25)19(26)24-9-12(2)16(10-24)22-18-14(7-20)13(3)23-27-18/h4-6,8,12,16,22H,9-10H2,1-3H3. The molecule has 0 saturated carbocycles. The number of rotatable bonds is 3. The highest BCUT2D eigenvalue weighted by Crippen LogP contribution is 2.29. The molecule has 0 bridgehead atoms. The maximum Gasteiger partial charge on any atom is 0.257 e. The number of likely N-dealkylation sites (tertiary alicyclic amines) is 1. The number of pyridine rings is 1. The van der Waals surface area contributed by atoms with Crippen molar-refractivity contribution in [3.8, 4) is 6.07 Å². The summed E-state index contributed by atoms with van der Waals surface area (Å²) >= 11 is 1.30. The van der Waals surface area contributed by atoms with Gasteiger partial charge in [-0.15, -0.1) is 0 Å². The number of aryl methyl sites for hydroxylation is 2. The summed E-state index contributed by atoms with van der Waals surface area (Å²) < 4.78 is 5.99. The van der Waals surface area contributed by atoms with Crippen LogP contribution >= 0.6 is 11.5 Å². The van der Waals surface area contributed by atoms with E-state index in [1.54, 1.807) is 10.7 Å². The van der Waals surface area contributed by atoms with Gasteiger partial charge in [0.05, 0.1) is 23.0 Å². The Morgan fingerprint density at radius 3 is 3.00 bits per heavy atom. The first kappa shape index (κ1) is 17.5. The van der Waals surface area contributed by atoms with Crippen molar-refractivity contribution in [2.24, 2.45) is 5.92 Å². The van der Waals surface area contributed by atoms with E-state index in [1.807, 2.05) is 37.1 Å². The molecule has 1 aliphatic rings. The quantitative estimate of drug-likeness (QED) is 0.755. The van der Waals surface area contributed by atoms with Gasteiger partial charge in [0.25, 0.3) is 5.91 Å². The summed E-state index contributed by atoms with van der Waals surface area (Å²) in [5, 5.41) is 17.8. The summed E-state index contributed by atoms with van der Waals surface area (Å²) in [4.78, 5) is 14.9. The molecule has 0 radical (unpaired) electrons. The van der Waals surface area contributed by atoms with Gasteiger partial charge in [-0.1, -0.05) is 6.92 Å². The van der Waals surface area contributed by atoms with Gasteiger partial charge in [0, 0.05) is 25.3 Å². The third-order valence-electron chi connectivity index (χ3n) is 5.10. The van der Waals surface area contributed by atoms with Crippen LogP contribution in [0, 0.1) is 31.1 Å². The van der Waals surface area contributed by atoms with Gasteiger partial charge in [-0.2, -0.15) is 14.7 Å². The Kier molecular flexibility index (Phi) is 4.32. The second-order valence-corrected chi connectivity index (χ2v) is 7.89. The Bertz CT molecular complexity index is 1060. The molecule has 1 amide bonds. The van der Waals surface area contributed by atoms with Crippen molar-refractivity contribution in [1.82, 2.24) is 18.9 Å². The molecule has 7 nitrogen and oxygen atoms in total. The van der Waals surface area contributed by atoms with Gasteiger partial charge in [-0.3, -0.25) is 4.79 Å². The van der Waals surface area contributed by atoms with Crippen LogP contribution in [0.25, 0.3) is 5.52 Å². The first-order chi connectivity index (χ1) is 13.0. The molecule has 2 atom stereocenters. The zero-order valence-corrected chi connectivity index (χ0v) is 16.2. The van der Waals surface area contributed by atoms with Gasteiger partial charge in [0.1, 0.15) is 16.6 Å². The highest BCUT2D eigenvalue weighted by molar-refractivity contribution is 7.10. The molecular formula is C19H20N6OS. The molecular weight excluding hydrogens is 360 g/mol. The summed E-state index contributed by atoms with van der Waals surface area (Å²) in [7, 11) is 0. The summed E-state index contributed by atoms with van der Waals surface area (Å²) in [6.45, 7) is 7.21. The lowest BCUT2D eigenvalue weighted by molar-refractivity contribution is 0.0789.